The van der Waals surface area contributed by atoms with Crippen LogP contribution in [0.2, 0.25) is 0 Å². The van der Waals surface area contributed by atoms with Gasteiger partial charge in [-0.25, -0.2) is 4.98 Å². The number of aryl methyl sites for hydroxylation is 1. The lowest BCUT2D eigenvalue weighted by molar-refractivity contribution is 0.802. The number of thioether (sulfide) groups is 1. The Morgan fingerprint density at radius 1 is 1.77 bits per heavy atom. The van der Waals surface area contributed by atoms with Crippen molar-refractivity contribution in [1.29, 1.82) is 0 Å². The maximum absolute atomic E-state index is 4.20. The number of hydrogen-bond acceptors (Lipinski definition) is 3. The van der Waals surface area contributed by atoms with E-state index in [1.807, 2.05) is 13.1 Å². The maximum atomic E-state index is 4.20. The molecule has 1 fully saturated rings. The molecule has 3 nitrogen and oxygen atoms in total. The molecule has 2 rings (SSSR count). The fourth-order valence-corrected chi connectivity index (χ4v) is 2.72. The molecule has 2 N–H and O–H groups in total. The van der Waals surface area contributed by atoms with Crippen molar-refractivity contribution in [3.63, 3.8) is 0 Å². The van der Waals surface area contributed by atoms with Gasteiger partial charge in [0.1, 0.15) is 0 Å². The highest BCUT2D eigenvalue weighted by molar-refractivity contribution is 8.00. The van der Waals surface area contributed by atoms with Crippen LogP contribution in [0.25, 0.3) is 0 Å². The minimum atomic E-state index is 0.783. The first-order chi connectivity index (χ1) is 6.34. The first kappa shape index (κ1) is 8.94. The van der Waals surface area contributed by atoms with Gasteiger partial charge in [0.2, 0.25) is 0 Å². The molecule has 1 aliphatic heterocycles. The van der Waals surface area contributed by atoms with Gasteiger partial charge in [-0.1, -0.05) is 0 Å². The van der Waals surface area contributed by atoms with Gasteiger partial charge in [0.25, 0.3) is 0 Å². The lowest BCUT2D eigenvalue weighted by Gasteiger charge is -2.08. The van der Waals surface area contributed by atoms with Crippen molar-refractivity contribution >= 4 is 17.7 Å². The molecule has 13 heavy (non-hydrogen) atoms. The van der Waals surface area contributed by atoms with Gasteiger partial charge in [0.05, 0.1) is 0 Å². The molecule has 0 aromatic carbocycles. The van der Waals surface area contributed by atoms with Crippen LogP contribution in [-0.2, 0) is 0 Å². The Kier molecular flexibility index (Phi) is 2.78. The van der Waals surface area contributed by atoms with E-state index in [0.29, 0.717) is 0 Å². The monoisotopic (exact) mass is 197 g/mol. The van der Waals surface area contributed by atoms with Crippen molar-refractivity contribution in [3.05, 3.63) is 11.9 Å². The molecule has 1 aromatic heterocycles. The zero-order valence-electron chi connectivity index (χ0n) is 7.84. The van der Waals surface area contributed by atoms with E-state index in [9.17, 15) is 0 Å². The van der Waals surface area contributed by atoms with E-state index in [4.69, 9.17) is 0 Å². The first-order valence-corrected chi connectivity index (χ1v) is 5.76. The molecule has 1 atom stereocenters. The van der Waals surface area contributed by atoms with Crippen LogP contribution in [0.15, 0.2) is 6.20 Å². The highest BCUT2D eigenvalue weighted by Crippen LogP contribution is 2.25. The van der Waals surface area contributed by atoms with Crippen molar-refractivity contribution in [2.75, 3.05) is 17.6 Å². The number of anilines is 1. The molecule has 0 radical (unpaired) electrons. The third kappa shape index (κ3) is 2.40. The Morgan fingerprint density at radius 3 is 3.31 bits per heavy atom. The van der Waals surface area contributed by atoms with Gasteiger partial charge in [0, 0.05) is 23.7 Å². The number of aromatic amines is 1. The molecule has 72 valence electrons. The predicted molar refractivity (Wildman–Crippen MR) is 57.3 cm³/mol. The highest BCUT2D eigenvalue weighted by Gasteiger charge is 2.15. The zero-order chi connectivity index (χ0) is 9.10. The molecule has 1 saturated heterocycles. The second kappa shape index (κ2) is 4.05. The summed E-state index contributed by atoms with van der Waals surface area (Å²) >= 11 is 2.06. The van der Waals surface area contributed by atoms with Crippen molar-refractivity contribution in [2.24, 2.45) is 0 Å². The Bertz CT molecular complexity index is 266. The van der Waals surface area contributed by atoms with Crippen molar-refractivity contribution < 1.29 is 0 Å². The molecule has 0 bridgehead atoms. The number of nitrogens with one attached hydrogen (secondary N) is 2. The molecule has 0 spiro atoms. The summed E-state index contributed by atoms with van der Waals surface area (Å²) in [7, 11) is 0. The third-order valence-electron chi connectivity index (χ3n) is 2.22. The molecule has 1 aromatic rings. The van der Waals surface area contributed by atoms with Gasteiger partial charge in [0.15, 0.2) is 5.95 Å². The number of aromatic nitrogens is 2. The van der Waals surface area contributed by atoms with Gasteiger partial charge in [-0.15, -0.1) is 0 Å². The van der Waals surface area contributed by atoms with Crippen molar-refractivity contribution in [3.8, 4) is 0 Å². The molecule has 0 aliphatic carbocycles. The SMILES string of the molecule is Cc1cnc(NCC2CCCS2)[nH]1. The molecule has 1 aliphatic rings. The zero-order valence-corrected chi connectivity index (χ0v) is 8.66. The number of hydrogen-bond donors (Lipinski definition) is 2. The Hall–Kier alpha value is -0.640. The van der Waals surface area contributed by atoms with Crippen LogP contribution in [0, 0.1) is 6.92 Å². The van der Waals surface area contributed by atoms with E-state index in [1.54, 1.807) is 0 Å². The number of imidazole rings is 1. The van der Waals surface area contributed by atoms with Crippen molar-refractivity contribution in [2.45, 2.75) is 25.0 Å². The van der Waals surface area contributed by atoms with Crippen LogP contribution in [-0.4, -0.2) is 27.5 Å². The van der Waals surface area contributed by atoms with Crippen LogP contribution in [0.5, 0.6) is 0 Å². The summed E-state index contributed by atoms with van der Waals surface area (Å²) in [4.78, 5) is 7.37. The molecule has 0 amide bonds. The fraction of sp³-hybridized carbons (Fsp3) is 0.667. The standard InChI is InChI=1S/C9H15N3S/c1-7-5-10-9(12-7)11-6-8-3-2-4-13-8/h5,8H,2-4,6H2,1H3,(H2,10,11,12). The van der Waals surface area contributed by atoms with Crippen LogP contribution in [0.3, 0.4) is 0 Å². The summed E-state index contributed by atoms with van der Waals surface area (Å²) < 4.78 is 0. The molecular weight excluding hydrogens is 182 g/mol. The first-order valence-electron chi connectivity index (χ1n) is 4.71. The van der Waals surface area contributed by atoms with Crippen LogP contribution >= 0.6 is 11.8 Å². The summed E-state index contributed by atoms with van der Waals surface area (Å²) in [6.45, 7) is 3.06. The van der Waals surface area contributed by atoms with E-state index in [-0.39, 0.29) is 0 Å². The fourth-order valence-electron chi connectivity index (χ4n) is 1.52. The molecule has 4 heteroatoms. The number of nitrogens with zero attached hydrogens (tertiary/aromatic N) is 1. The van der Waals surface area contributed by atoms with E-state index in [0.717, 1.165) is 23.4 Å². The number of H-pyrrole nitrogens is 1. The van der Waals surface area contributed by atoms with Crippen LogP contribution in [0.1, 0.15) is 18.5 Å². The largest absolute Gasteiger partial charge is 0.355 e. The van der Waals surface area contributed by atoms with Crippen LogP contribution < -0.4 is 5.32 Å². The molecule has 2 heterocycles. The third-order valence-corrected chi connectivity index (χ3v) is 3.62. The Morgan fingerprint density at radius 2 is 2.69 bits per heavy atom. The second-order valence-corrected chi connectivity index (χ2v) is 4.84. The Labute approximate surface area is 82.7 Å². The van der Waals surface area contributed by atoms with E-state index < -0.39 is 0 Å². The minimum Gasteiger partial charge on any atom is -0.355 e. The van der Waals surface area contributed by atoms with Crippen molar-refractivity contribution in [1.82, 2.24) is 9.97 Å². The summed E-state index contributed by atoms with van der Waals surface area (Å²) in [5.41, 5.74) is 1.11. The predicted octanol–water partition coefficient (Wildman–Crippen LogP) is 2.03. The normalized spacial score (nSPS) is 22.1. The van der Waals surface area contributed by atoms with Gasteiger partial charge < -0.3 is 10.3 Å². The summed E-state index contributed by atoms with van der Waals surface area (Å²) in [5, 5.41) is 4.10. The smallest absolute Gasteiger partial charge is 0.200 e. The van der Waals surface area contributed by atoms with E-state index in [2.05, 4.69) is 27.0 Å². The summed E-state index contributed by atoms with van der Waals surface area (Å²) in [5.74, 6) is 2.23. The Balaban J connectivity index is 1.78. The molecule has 0 saturated carbocycles. The van der Waals surface area contributed by atoms with Crippen LogP contribution in [0.4, 0.5) is 5.95 Å². The average Bonchev–Trinajstić information content (AvgIpc) is 2.71. The highest BCUT2D eigenvalue weighted by atomic mass is 32.2. The number of rotatable bonds is 3. The van der Waals surface area contributed by atoms with Gasteiger partial charge in [-0.2, -0.15) is 11.8 Å². The van der Waals surface area contributed by atoms with Gasteiger partial charge >= 0.3 is 0 Å². The average molecular weight is 197 g/mol. The summed E-state index contributed by atoms with van der Waals surface area (Å²) in [6, 6.07) is 0. The quantitative estimate of drug-likeness (QED) is 0.779. The van der Waals surface area contributed by atoms with E-state index in [1.165, 1.54) is 18.6 Å². The van der Waals surface area contributed by atoms with Gasteiger partial charge in [-0.3, -0.25) is 0 Å². The molecular formula is C9H15N3S. The van der Waals surface area contributed by atoms with Gasteiger partial charge in [-0.05, 0) is 25.5 Å². The minimum absolute atomic E-state index is 0.783. The summed E-state index contributed by atoms with van der Waals surface area (Å²) in [6.07, 6.45) is 4.57. The molecule has 1 unspecified atom stereocenters. The van der Waals surface area contributed by atoms with E-state index >= 15 is 0 Å². The lowest BCUT2D eigenvalue weighted by Crippen LogP contribution is -2.14. The lowest BCUT2D eigenvalue weighted by atomic mass is 10.2. The topological polar surface area (TPSA) is 40.7 Å². The second-order valence-electron chi connectivity index (χ2n) is 3.43. The maximum Gasteiger partial charge on any atom is 0.200 e.